The van der Waals surface area contributed by atoms with Crippen LogP contribution in [0.2, 0.25) is 0 Å². The Morgan fingerprint density at radius 1 is 1.00 bits per heavy atom. The summed E-state index contributed by atoms with van der Waals surface area (Å²) in [4.78, 5) is 1.23. The summed E-state index contributed by atoms with van der Waals surface area (Å²) in [5.41, 5.74) is 3.88. The van der Waals surface area contributed by atoms with Crippen molar-refractivity contribution in [2.75, 3.05) is 0 Å². The van der Waals surface area contributed by atoms with Crippen LogP contribution in [0.3, 0.4) is 0 Å². The quantitative estimate of drug-likeness (QED) is 0.671. The number of benzene rings is 2. The van der Waals surface area contributed by atoms with E-state index in [1.165, 1.54) is 21.6 Å². The Morgan fingerprint density at radius 3 is 2.31 bits per heavy atom. The normalized spacial score (nSPS) is 10.1. The SMILES string of the molecule is C=CSc1ccc(-c2ccccc2C)cc1. The van der Waals surface area contributed by atoms with Crippen LogP contribution in [0.15, 0.2) is 65.4 Å². The van der Waals surface area contributed by atoms with Crippen molar-refractivity contribution in [2.24, 2.45) is 0 Å². The van der Waals surface area contributed by atoms with Gasteiger partial charge in [0.25, 0.3) is 0 Å². The summed E-state index contributed by atoms with van der Waals surface area (Å²) in [6.07, 6.45) is 0. The zero-order valence-corrected chi connectivity index (χ0v) is 10.1. The van der Waals surface area contributed by atoms with Gasteiger partial charge < -0.3 is 0 Å². The van der Waals surface area contributed by atoms with Crippen molar-refractivity contribution in [3.05, 3.63) is 66.1 Å². The lowest BCUT2D eigenvalue weighted by molar-refractivity contribution is 1.42. The first-order valence-electron chi connectivity index (χ1n) is 5.25. The Bertz CT molecular complexity index is 483. The minimum atomic E-state index is 1.23. The van der Waals surface area contributed by atoms with Gasteiger partial charge in [0.05, 0.1) is 0 Å². The Kier molecular flexibility index (Phi) is 3.47. The summed E-state index contributed by atoms with van der Waals surface area (Å²) in [5.74, 6) is 0. The fourth-order valence-corrected chi connectivity index (χ4v) is 2.19. The van der Waals surface area contributed by atoms with Gasteiger partial charge in [0.2, 0.25) is 0 Å². The molecular formula is C15H14S. The zero-order chi connectivity index (χ0) is 11.4. The van der Waals surface area contributed by atoms with E-state index in [0.29, 0.717) is 0 Å². The van der Waals surface area contributed by atoms with Gasteiger partial charge in [-0.3, -0.25) is 0 Å². The van der Waals surface area contributed by atoms with E-state index in [2.05, 4.69) is 62.0 Å². The highest BCUT2D eigenvalue weighted by molar-refractivity contribution is 8.02. The van der Waals surface area contributed by atoms with Crippen LogP contribution in [0.5, 0.6) is 0 Å². The third kappa shape index (κ3) is 2.37. The van der Waals surface area contributed by atoms with Crippen molar-refractivity contribution in [2.45, 2.75) is 11.8 Å². The molecule has 0 saturated heterocycles. The lowest BCUT2D eigenvalue weighted by Gasteiger charge is -2.06. The molecule has 0 aliphatic rings. The van der Waals surface area contributed by atoms with Crippen molar-refractivity contribution < 1.29 is 0 Å². The highest BCUT2D eigenvalue weighted by atomic mass is 32.2. The maximum absolute atomic E-state index is 3.71. The highest BCUT2D eigenvalue weighted by Gasteiger charge is 2.00. The second-order valence-corrected chi connectivity index (χ2v) is 4.66. The van der Waals surface area contributed by atoms with Crippen molar-refractivity contribution in [3.63, 3.8) is 0 Å². The molecule has 0 fully saturated rings. The maximum Gasteiger partial charge on any atom is 0.0116 e. The number of hydrogen-bond acceptors (Lipinski definition) is 1. The van der Waals surface area contributed by atoms with Crippen molar-refractivity contribution >= 4 is 11.8 Å². The monoisotopic (exact) mass is 226 g/mol. The molecule has 0 spiro atoms. The molecule has 0 aliphatic carbocycles. The van der Waals surface area contributed by atoms with Gasteiger partial charge >= 0.3 is 0 Å². The topological polar surface area (TPSA) is 0 Å². The third-order valence-electron chi connectivity index (χ3n) is 2.53. The number of thioether (sulfide) groups is 1. The lowest BCUT2D eigenvalue weighted by Crippen LogP contribution is -1.81. The fourth-order valence-electron chi connectivity index (χ4n) is 1.71. The number of hydrogen-bond donors (Lipinski definition) is 0. The fraction of sp³-hybridized carbons (Fsp3) is 0.0667. The molecule has 0 radical (unpaired) electrons. The van der Waals surface area contributed by atoms with Crippen LogP contribution < -0.4 is 0 Å². The third-order valence-corrected chi connectivity index (χ3v) is 3.24. The van der Waals surface area contributed by atoms with Gasteiger partial charge in [-0.05, 0) is 41.2 Å². The van der Waals surface area contributed by atoms with Crippen molar-refractivity contribution in [1.29, 1.82) is 0 Å². The standard InChI is InChI=1S/C15H14S/c1-3-16-14-10-8-13(9-11-14)15-7-5-4-6-12(15)2/h3-11H,1H2,2H3. The van der Waals surface area contributed by atoms with E-state index in [0.717, 1.165) is 0 Å². The second kappa shape index (κ2) is 5.04. The molecule has 0 aliphatic heterocycles. The summed E-state index contributed by atoms with van der Waals surface area (Å²) in [6.45, 7) is 5.85. The van der Waals surface area contributed by atoms with Crippen LogP contribution in [0.1, 0.15) is 5.56 Å². The van der Waals surface area contributed by atoms with Crippen molar-refractivity contribution in [3.8, 4) is 11.1 Å². The van der Waals surface area contributed by atoms with Gasteiger partial charge in [-0.2, -0.15) is 0 Å². The molecule has 0 nitrogen and oxygen atoms in total. The molecule has 0 amide bonds. The molecule has 0 saturated carbocycles. The van der Waals surface area contributed by atoms with Crippen LogP contribution in [-0.2, 0) is 0 Å². The molecule has 0 aromatic heterocycles. The largest absolute Gasteiger partial charge is 0.0987 e. The zero-order valence-electron chi connectivity index (χ0n) is 9.31. The van der Waals surface area contributed by atoms with E-state index in [9.17, 15) is 0 Å². The summed E-state index contributed by atoms with van der Waals surface area (Å²) in [6, 6.07) is 17.0. The van der Waals surface area contributed by atoms with Crippen LogP contribution in [0, 0.1) is 6.92 Å². The minimum absolute atomic E-state index is 1.23. The van der Waals surface area contributed by atoms with E-state index in [1.807, 2.05) is 5.41 Å². The molecule has 0 heterocycles. The number of rotatable bonds is 3. The molecule has 80 valence electrons. The first-order chi connectivity index (χ1) is 7.81. The van der Waals surface area contributed by atoms with Crippen LogP contribution in [0.25, 0.3) is 11.1 Å². The van der Waals surface area contributed by atoms with E-state index < -0.39 is 0 Å². The molecule has 1 heteroatoms. The second-order valence-electron chi connectivity index (χ2n) is 3.62. The predicted octanol–water partition coefficient (Wildman–Crippen LogP) is 4.90. The smallest absolute Gasteiger partial charge is 0.0116 e. The summed E-state index contributed by atoms with van der Waals surface area (Å²) in [7, 11) is 0. The van der Waals surface area contributed by atoms with Crippen molar-refractivity contribution in [1.82, 2.24) is 0 Å². The van der Waals surface area contributed by atoms with Gasteiger partial charge in [-0.15, -0.1) is 0 Å². The Balaban J connectivity index is 2.35. The summed E-state index contributed by atoms with van der Waals surface area (Å²) in [5, 5.41) is 1.85. The first-order valence-corrected chi connectivity index (χ1v) is 6.13. The molecule has 16 heavy (non-hydrogen) atoms. The van der Waals surface area contributed by atoms with Gasteiger partial charge in [0, 0.05) is 4.90 Å². The van der Waals surface area contributed by atoms with E-state index in [4.69, 9.17) is 0 Å². The molecule has 0 bridgehead atoms. The van der Waals surface area contributed by atoms with Gasteiger partial charge in [0.15, 0.2) is 0 Å². The average molecular weight is 226 g/mol. The van der Waals surface area contributed by atoms with Crippen LogP contribution >= 0.6 is 11.8 Å². The average Bonchev–Trinajstić information content (AvgIpc) is 2.31. The minimum Gasteiger partial charge on any atom is -0.0987 e. The molecular weight excluding hydrogens is 212 g/mol. The molecule has 0 N–H and O–H groups in total. The lowest BCUT2D eigenvalue weighted by atomic mass is 10.0. The predicted molar refractivity (Wildman–Crippen MR) is 72.7 cm³/mol. The Hall–Kier alpha value is -1.47. The Morgan fingerprint density at radius 2 is 1.69 bits per heavy atom. The van der Waals surface area contributed by atoms with Gasteiger partial charge in [0.1, 0.15) is 0 Å². The van der Waals surface area contributed by atoms with E-state index in [1.54, 1.807) is 11.8 Å². The van der Waals surface area contributed by atoms with Gasteiger partial charge in [-0.25, -0.2) is 0 Å². The Labute approximate surface area is 101 Å². The molecule has 2 rings (SSSR count). The van der Waals surface area contributed by atoms with Crippen LogP contribution in [-0.4, -0.2) is 0 Å². The molecule has 2 aromatic rings. The molecule has 0 unspecified atom stereocenters. The van der Waals surface area contributed by atoms with Crippen LogP contribution in [0.4, 0.5) is 0 Å². The summed E-state index contributed by atoms with van der Waals surface area (Å²) >= 11 is 1.65. The summed E-state index contributed by atoms with van der Waals surface area (Å²) < 4.78 is 0. The first kappa shape index (κ1) is 11.0. The molecule has 2 aromatic carbocycles. The highest BCUT2D eigenvalue weighted by Crippen LogP contribution is 2.26. The van der Waals surface area contributed by atoms with E-state index in [-0.39, 0.29) is 0 Å². The number of aryl methyl sites for hydroxylation is 1. The molecule has 0 atom stereocenters. The van der Waals surface area contributed by atoms with E-state index >= 15 is 0 Å². The van der Waals surface area contributed by atoms with Gasteiger partial charge in [-0.1, -0.05) is 54.7 Å². The maximum atomic E-state index is 3.71.